The molecule has 7 nitrogen and oxygen atoms in total. The maximum atomic E-state index is 12.7. The number of benzene rings is 2. The van der Waals surface area contributed by atoms with Gasteiger partial charge in [0.25, 0.3) is 5.91 Å². The number of carbonyl (C=O) groups excluding carboxylic acids is 2. The molecule has 0 radical (unpaired) electrons. The van der Waals surface area contributed by atoms with Crippen LogP contribution in [0.3, 0.4) is 0 Å². The number of thiophene rings is 1. The van der Waals surface area contributed by atoms with Crippen LogP contribution >= 0.6 is 11.3 Å². The summed E-state index contributed by atoms with van der Waals surface area (Å²) in [5.41, 5.74) is 3.19. The first-order valence-corrected chi connectivity index (χ1v) is 11.6. The molecule has 2 N–H and O–H groups in total. The Morgan fingerprint density at radius 2 is 1.88 bits per heavy atom. The van der Waals surface area contributed by atoms with Crippen LogP contribution in [0.1, 0.15) is 39.2 Å². The Balaban J connectivity index is 1.30. The van der Waals surface area contributed by atoms with E-state index in [1.54, 1.807) is 46.6 Å². The summed E-state index contributed by atoms with van der Waals surface area (Å²) < 4.78 is 1.74. The molecule has 2 amide bonds. The summed E-state index contributed by atoms with van der Waals surface area (Å²) in [7, 11) is 0. The lowest BCUT2D eigenvalue weighted by Crippen LogP contribution is -2.24. The highest BCUT2D eigenvalue weighted by atomic mass is 32.1. The molecule has 0 aliphatic rings. The van der Waals surface area contributed by atoms with Crippen molar-refractivity contribution in [2.75, 3.05) is 5.32 Å². The molecule has 168 valence electrons. The van der Waals surface area contributed by atoms with E-state index in [1.165, 1.54) is 11.2 Å². The molecule has 4 rings (SSSR count). The Morgan fingerprint density at radius 1 is 1.00 bits per heavy atom. The van der Waals surface area contributed by atoms with Crippen molar-refractivity contribution >= 4 is 28.8 Å². The molecule has 0 aliphatic heterocycles. The third-order valence-electron chi connectivity index (χ3n) is 5.17. The van der Waals surface area contributed by atoms with Gasteiger partial charge in [-0.2, -0.15) is 5.10 Å². The Hall–Kier alpha value is -3.78. The fourth-order valence-corrected chi connectivity index (χ4v) is 4.24. The van der Waals surface area contributed by atoms with Gasteiger partial charge in [-0.05, 0) is 53.6 Å². The normalized spacial score (nSPS) is 10.7. The van der Waals surface area contributed by atoms with Crippen LogP contribution in [0, 0.1) is 0 Å². The smallest absolute Gasteiger partial charge is 0.251 e. The fourth-order valence-electron chi connectivity index (χ4n) is 3.49. The van der Waals surface area contributed by atoms with E-state index in [0.717, 1.165) is 24.0 Å². The zero-order chi connectivity index (χ0) is 22.9. The van der Waals surface area contributed by atoms with Crippen LogP contribution < -0.4 is 10.6 Å². The van der Waals surface area contributed by atoms with Gasteiger partial charge in [-0.15, -0.1) is 11.3 Å². The number of aryl methyl sites for hydroxylation is 1. The molecule has 0 saturated heterocycles. The molecule has 2 heterocycles. The topological polar surface area (TPSA) is 88.9 Å². The zero-order valence-electron chi connectivity index (χ0n) is 18.1. The van der Waals surface area contributed by atoms with Crippen molar-refractivity contribution in [2.24, 2.45) is 0 Å². The maximum Gasteiger partial charge on any atom is 0.251 e. The second-order valence-corrected chi connectivity index (χ2v) is 8.64. The Kier molecular flexibility index (Phi) is 7.60. The van der Waals surface area contributed by atoms with Gasteiger partial charge in [0.05, 0.1) is 6.54 Å². The molecule has 0 bridgehead atoms. The average Bonchev–Trinajstić information content (AvgIpc) is 3.53. The molecular formula is C25H25N5O2S. The SMILES string of the molecule is O=C(CCCc1cccs1)Nc1cccc(C(=O)NCc2ccccc2Cn2cncn2)c1. The van der Waals surface area contributed by atoms with Gasteiger partial charge in [0.2, 0.25) is 5.91 Å². The number of nitrogens with zero attached hydrogens (tertiary/aromatic N) is 3. The van der Waals surface area contributed by atoms with Crippen molar-refractivity contribution in [3.05, 3.63) is 100 Å². The summed E-state index contributed by atoms with van der Waals surface area (Å²) in [6.45, 7) is 0.975. The van der Waals surface area contributed by atoms with Crippen LogP contribution in [0.4, 0.5) is 5.69 Å². The van der Waals surface area contributed by atoms with Crippen LogP contribution in [0.2, 0.25) is 0 Å². The monoisotopic (exact) mass is 459 g/mol. The lowest BCUT2D eigenvalue weighted by Gasteiger charge is -2.11. The number of amides is 2. The minimum absolute atomic E-state index is 0.0499. The van der Waals surface area contributed by atoms with Gasteiger partial charge in [-0.3, -0.25) is 9.59 Å². The highest BCUT2D eigenvalue weighted by Gasteiger charge is 2.10. The number of hydrogen-bond acceptors (Lipinski definition) is 5. The zero-order valence-corrected chi connectivity index (χ0v) is 18.9. The summed E-state index contributed by atoms with van der Waals surface area (Å²) >= 11 is 1.70. The molecule has 2 aromatic carbocycles. The predicted octanol–water partition coefficient (Wildman–Crippen LogP) is 4.28. The van der Waals surface area contributed by atoms with Gasteiger partial charge in [-0.1, -0.05) is 36.4 Å². The van der Waals surface area contributed by atoms with Crippen LogP contribution in [0.5, 0.6) is 0 Å². The van der Waals surface area contributed by atoms with Gasteiger partial charge in [-0.25, -0.2) is 9.67 Å². The predicted molar refractivity (Wildman–Crippen MR) is 129 cm³/mol. The minimum atomic E-state index is -0.195. The lowest BCUT2D eigenvalue weighted by molar-refractivity contribution is -0.116. The van der Waals surface area contributed by atoms with E-state index >= 15 is 0 Å². The first-order valence-electron chi connectivity index (χ1n) is 10.8. The molecule has 0 atom stereocenters. The number of nitrogens with one attached hydrogen (secondary N) is 2. The molecule has 0 spiro atoms. The Labute approximate surface area is 196 Å². The largest absolute Gasteiger partial charge is 0.348 e. The van der Waals surface area contributed by atoms with Crippen LogP contribution in [-0.4, -0.2) is 26.6 Å². The van der Waals surface area contributed by atoms with Gasteiger partial charge in [0.15, 0.2) is 0 Å². The molecule has 33 heavy (non-hydrogen) atoms. The van der Waals surface area contributed by atoms with Gasteiger partial charge >= 0.3 is 0 Å². The summed E-state index contributed by atoms with van der Waals surface area (Å²) in [6, 6.07) is 19.0. The van der Waals surface area contributed by atoms with Crippen LogP contribution in [0.25, 0.3) is 0 Å². The molecular weight excluding hydrogens is 434 g/mol. The number of carbonyl (C=O) groups is 2. The van der Waals surface area contributed by atoms with Gasteiger partial charge in [0, 0.05) is 29.1 Å². The van der Waals surface area contributed by atoms with E-state index in [1.807, 2.05) is 35.7 Å². The standard InChI is InChI=1S/C25H25N5O2S/c31-24(12-4-10-23-11-5-13-33-23)29-22-9-3-8-19(14-22)25(32)27-15-20-6-1-2-7-21(20)16-30-18-26-17-28-30/h1-3,5-9,11,13-14,17-18H,4,10,12,15-16H2,(H,27,32)(H,29,31). The summed E-state index contributed by atoms with van der Waals surface area (Å²) in [6.07, 6.45) is 5.29. The van der Waals surface area contributed by atoms with Crippen LogP contribution in [0.15, 0.2) is 78.7 Å². The second kappa shape index (κ2) is 11.2. The van der Waals surface area contributed by atoms with E-state index in [9.17, 15) is 9.59 Å². The second-order valence-electron chi connectivity index (χ2n) is 7.61. The van der Waals surface area contributed by atoms with E-state index in [-0.39, 0.29) is 11.8 Å². The molecule has 4 aromatic rings. The third-order valence-corrected chi connectivity index (χ3v) is 6.11. The Morgan fingerprint density at radius 3 is 2.67 bits per heavy atom. The van der Waals surface area contributed by atoms with Crippen molar-refractivity contribution < 1.29 is 9.59 Å². The van der Waals surface area contributed by atoms with E-state index < -0.39 is 0 Å². The van der Waals surface area contributed by atoms with E-state index in [4.69, 9.17) is 0 Å². The van der Waals surface area contributed by atoms with Crippen molar-refractivity contribution in [1.29, 1.82) is 0 Å². The molecule has 8 heteroatoms. The molecule has 0 fully saturated rings. The van der Waals surface area contributed by atoms with Crippen molar-refractivity contribution in [3.63, 3.8) is 0 Å². The van der Waals surface area contributed by atoms with E-state index in [2.05, 4.69) is 26.8 Å². The Bertz CT molecular complexity index is 1190. The van der Waals surface area contributed by atoms with E-state index in [0.29, 0.717) is 30.8 Å². The highest BCUT2D eigenvalue weighted by molar-refractivity contribution is 7.09. The number of rotatable bonds is 10. The average molecular weight is 460 g/mol. The fraction of sp³-hybridized carbons (Fsp3) is 0.200. The highest BCUT2D eigenvalue weighted by Crippen LogP contribution is 2.15. The van der Waals surface area contributed by atoms with Crippen molar-refractivity contribution in [2.45, 2.75) is 32.4 Å². The number of hydrogen-bond donors (Lipinski definition) is 2. The molecule has 0 aliphatic carbocycles. The summed E-state index contributed by atoms with van der Waals surface area (Å²) in [5.74, 6) is -0.245. The first kappa shape index (κ1) is 22.4. The van der Waals surface area contributed by atoms with Gasteiger partial charge in [0.1, 0.15) is 12.7 Å². The van der Waals surface area contributed by atoms with Crippen LogP contribution in [-0.2, 0) is 24.3 Å². The maximum absolute atomic E-state index is 12.7. The summed E-state index contributed by atoms with van der Waals surface area (Å²) in [5, 5.41) is 12.1. The third kappa shape index (κ3) is 6.60. The lowest BCUT2D eigenvalue weighted by atomic mass is 10.1. The van der Waals surface area contributed by atoms with Crippen molar-refractivity contribution in [1.82, 2.24) is 20.1 Å². The number of aromatic nitrogens is 3. The summed E-state index contributed by atoms with van der Waals surface area (Å²) in [4.78, 5) is 30.3. The number of anilines is 1. The first-order chi connectivity index (χ1) is 16.2. The molecule has 0 saturated carbocycles. The van der Waals surface area contributed by atoms with Gasteiger partial charge < -0.3 is 10.6 Å². The molecule has 0 unspecified atom stereocenters. The minimum Gasteiger partial charge on any atom is -0.348 e. The quantitative estimate of drug-likeness (QED) is 0.370. The van der Waals surface area contributed by atoms with Crippen molar-refractivity contribution in [3.8, 4) is 0 Å². The molecule has 2 aromatic heterocycles.